The number of ether oxygens (including phenoxy) is 1. The Bertz CT molecular complexity index is 702. The molecular weight excluding hydrogens is 338 g/mol. The first kappa shape index (κ1) is 18.8. The third kappa shape index (κ3) is 3.61. The van der Waals surface area contributed by atoms with Gasteiger partial charge in [0.05, 0.1) is 12.2 Å². The van der Waals surface area contributed by atoms with Gasteiger partial charge in [0.2, 0.25) is 5.91 Å². The smallest absolute Gasteiger partial charge is 0.225 e. The number of likely N-dealkylation sites (tertiary alicyclic amines) is 1. The summed E-state index contributed by atoms with van der Waals surface area (Å²) in [6.07, 6.45) is 6.09. The SMILES string of the molecule is CCOc1cc(C2CCC3(CC2)CN(C(=O)[C@H]2C[C@@](C)(O)C2)C3)ccc1C. The van der Waals surface area contributed by atoms with Crippen molar-refractivity contribution in [3.8, 4) is 5.75 Å². The molecule has 148 valence electrons. The van der Waals surface area contributed by atoms with Crippen molar-refractivity contribution in [3.05, 3.63) is 29.3 Å². The maximum atomic E-state index is 12.5. The van der Waals surface area contributed by atoms with Crippen LogP contribution in [0.4, 0.5) is 0 Å². The van der Waals surface area contributed by atoms with Crippen LogP contribution in [0.25, 0.3) is 0 Å². The fourth-order valence-corrected chi connectivity index (χ4v) is 5.42. The van der Waals surface area contributed by atoms with Gasteiger partial charge in [-0.1, -0.05) is 12.1 Å². The molecule has 0 bridgehead atoms. The van der Waals surface area contributed by atoms with Gasteiger partial charge in [0.15, 0.2) is 0 Å². The number of rotatable bonds is 4. The van der Waals surface area contributed by atoms with E-state index in [1.54, 1.807) is 0 Å². The second-order valence-corrected chi connectivity index (χ2v) is 9.53. The molecule has 1 heterocycles. The van der Waals surface area contributed by atoms with Crippen LogP contribution < -0.4 is 4.74 Å². The summed E-state index contributed by atoms with van der Waals surface area (Å²) in [6.45, 7) is 8.53. The van der Waals surface area contributed by atoms with Crippen molar-refractivity contribution in [2.24, 2.45) is 11.3 Å². The van der Waals surface area contributed by atoms with E-state index in [-0.39, 0.29) is 11.8 Å². The molecule has 27 heavy (non-hydrogen) atoms. The summed E-state index contributed by atoms with van der Waals surface area (Å²) in [4.78, 5) is 14.6. The highest BCUT2D eigenvalue weighted by molar-refractivity contribution is 5.81. The molecule has 1 spiro atoms. The van der Waals surface area contributed by atoms with Crippen molar-refractivity contribution in [3.63, 3.8) is 0 Å². The van der Waals surface area contributed by atoms with Crippen LogP contribution in [0, 0.1) is 18.3 Å². The number of aryl methyl sites for hydroxylation is 1. The Labute approximate surface area is 162 Å². The number of aliphatic hydroxyl groups is 1. The highest BCUT2D eigenvalue weighted by atomic mass is 16.5. The van der Waals surface area contributed by atoms with E-state index in [1.165, 1.54) is 36.8 Å². The second-order valence-electron chi connectivity index (χ2n) is 9.53. The highest BCUT2D eigenvalue weighted by Gasteiger charge is 2.51. The highest BCUT2D eigenvalue weighted by Crippen LogP contribution is 2.50. The van der Waals surface area contributed by atoms with Crippen LogP contribution in [0.15, 0.2) is 18.2 Å². The monoisotopic (exact) mass is 371 g/mol. The first-order valence-corrected chi connectivity index (χ1v) is 10.6. The Morgan fingerprint density at radius 3 is 2.52 bits per heavy atom. The molecular formula is C23H33NO3. The first-order chi connectivity index (χ1) is 12.8. The van der Waals surface area contributed by atoms with Gasteiger partial charge >= 0.3 is 0 Å². The zero-order valence-corrected chi connectivity index (χ0v) is 17.0. The van der Waals surface area contributed by atoms with Crippen LogP contribution in [-0.2, 0) is 4.79 Å². The number of hydrogen-bond donors (Lipinski definition) is 1. The molecule has 0 atom stereocenters. The van der Waals surface area contributed by atoms with Gasteiger partial charge in [0.1, 0.15) is 5.75 Å². The molecule has 1 aromatic rings. The Morgan fingerprint density at radius 1 is 1.26 bits per heavy atom. The van der Waals surface area contributed by atoms with Crippen LogP contribution in [0.2, 0.25) is 0 Å². The topological polar surface area (TPSA) is 49.8 Å². The van der Waals surface area contributed by atoms with Gasteiger partial charge in [-0.3, -0.25) is 4.79 Å². The summed E-state index contributed by atoms with van der Waals surface area (Å²) in [5, 5.41) is 9.88. The number of carbonyl (C=O) groups excluding carboxylic acids is 1. The second kappa shape index (κ2) is 6.80. The molecule has 4 rings (SSSR count). The van der Waals surface area contributed by atoms with E-state index in [4.69, 9.17) is 4.74 Å². The Morgan fingerprint density at radius 2 is 1.93 bits per heavy atom. The van der Waals surface area contributed by atoms with Crippen molar-refractivity contribution >= 4 is 5.91 Å². The maximum Gasteiger partial charge on any atom is 0.225 e. The van der Waals surface area contributed by atoms with Gasteiger partial charge in [-0.25, -0.2) is 0 Å². The van der Waals surface area contributed by atoms with Gasteiger partial charge in [-0.2, -0.15) is 0 Å². The van der Waals surface area contributed by atoms with E-state index in [0.29, 0.717) is 30.8 Å². The molecule has 0 radical (unpaired) electrons. The molecule has 4 heteroatoms. The Balaban J connectivity index is 1.30. The summed E-state index contributed by atoms with van der Waals surface area (Å²) in [7, 11) is 0. The predicted octanol–water partition coefficient (Wildman–Crippen LogP) is 4.04. The largest absolute Gasteiger partial charge is 0.494 e. The molecule has 3 fully saturated rings. The first-order valence-electron chi connectivity index (χ1n) is 10.6. The van der Waals surface area contributed by atoms with E-state index < -0.39 is 5.60 Å². The summed E-state index contributed by atoms with van der Waals surface area (Å²) < 4.78 is 5.77. The van der Waals surface area contributed by atoms with Crippen molar-refractivity contribution in [2.45, 2.75) is 70.8 Å². The Hall–Kier alpha value is -1.55. The fraction of sp³-hybridized carbons (Fsp3) is 0.696. The molecule has 1 amide bonds. The quantitative estimate of drug-likeness (QED) is 0.869. The average Bonchev–Trinajstić information content (AvgIpc) is 2.59. The van der Waals surface area contributed by atoms with Crippen molar-refractivity contribution < 1.29 is 14.6 Å². The van der Waals surface area contributed by atoms with Gasteiger partial charge < -0.3 is 14.7 Å². The minimum atomic E-state index is -0.616. The third-order valence-corrected chi connectivity index (χ3v) is 7.12. The minimum Gasteiger partial charge on any atom is -0.494 e. The van der Waals surface area contributed by atoms with Crippen molar-refractivity contribution in [1.82, 2.24) is 4.90 Å². The van der Waals surface area contributed by atoms with Crippen LogP contribution >= 0.6 is 0 Å². The normalized spacial score (nSPS) is 29.9. The van der Waals surface area contributed by atoms with Gasteiger partial charge in [0, 0.05) is 24.4 Å². The van der Waals surface area contributed by atoms with Crippen molar-refractivity contribution in [1.29, 1.82) is 0 Å². The maximum absolute atomic E-state index is 12.5. The lowest BCUT2D eigenvalue weighted by Crippen LogP contribution is -2.62. The Kier molecular flexibility index (Phi) is 4.74. The van der Waals surface area contributed by atoms with Gasteiger partial charge in [0.25, 0.3) is 0 Å². The molecule has 2 saturated carbocycles. The summed E-state index contributed by atoms with van der Waals surface area (Å²) in [5.74, 6) is 1.96. The van der Waals surface area contributed by atoms with Crippen LogP contribution in [0.5, 0.6) is 5.75 Å². The van der Waals surface area contributed by atoms with Gasteiger partial charge in [-0.05, 0) is 82.4 Å². The molecule has 1 saturated heterocycles. The van der Waals surface area contributed by atoms with Crippen LogP contribution in [0.3, 0.4) is 0 Å². The lowest BCUT2D eigenvalue weighted by molar-refractivity contribution is -0.163. The molecule has 4 nitrogen and oxygen atoms in total. The van der Waals surface area contributed by atoms with E-state index in [9.17, 15) is 9.90 Å². The molecule has 3 aliphatic rings. The van der Waals surface area contributed by atoms with Crippen molar-refractivity contribution in [2.75, 3.05) is 19.7 Å². The summed E-state index contributed by atoms with van der Waals surface area (Å²) in [5.41, 5.74) is 2.35. The fourth-order valence-electron chi connectivity index (χ4n) is 5.42. The molecule has 1 N–H and O–H groups in total. The van der Waals surface area contributed by atoms with Crippen LogP contribution in [0.1, 0.15) is 69.4 Å². The molecule has 1 aromatic carbocycles. The number of hydrogen-bond acceptors (Lipinski definition) is 3. The van der Waals surface area contributed by atoms with E-state index in [1.807, 2.05) is 18.7 Å². The molecule has 2 aliphatic carbocycles. The molecule has 1 aliphatic heterocycles. The zero-order valence-electron chi connectivity index (χ0n) is 17.0. The molecule has 0 unspecified atom stereocenters. The van der Waals surface area contributed by atoms with E-state index in [2.05, 4.69) is 25.1 Å². The standard InChI is InChI=1S/C23H33NO3/c1-4-27-20-11-18(6-5-16(20)2)17-7-9-23(10-8-17)14-24(15-23)21(25)19-12-22(3,26)13-19/h5-6,11,17,19,26H,4,7-10,12-15H2,1-3H3/t19-,22+. The lowest BCUT2D eigenvalue weighted by Gasteiger charge is -2.55. The lowest BCUT2D eigenvalue weighted by atomic mass is 9.63. The zero-order chi connectivity index (χ0) is 19.2. The van der Waals surface area contributed by atoms with Crippen LogP contribution in [-0.4, -0.2) is 41.2 Å². The predicted molar refractivity (Wildman–Crippen MR) is 106 cm³/mol. The number of carbonyl (C=O) groups is 1. The third-order valence-electron chi connectivity index (χ3n) is 7.12. The number of benzene rings is 1. The minimum absolute atomic E-state index is 0.0539. The number of nitrogens with zero attached hydrogens (tertiary/aromatic N) is 1. The number of amides is 1. The average molecular weight is 372 g/mol. The van der Waals surface area contributed by atoms with E-state index in [0.717, 1.165) is 18.8 Å². The van der Waals surface area contributed by atoms with Gasteiger partial charge in [-0.15, -0.1) is 0 Å². The van der Waals surface area contributed by atoms with E-state index >= 15 is 0 Å². The molecule has 0 aromatic heterocycles. The summed E-state index contributed by atoms with van der Waals surface area (Å²) >= 11 is 0. The summed E-state index contributed by atoms with van der Waals surface area (Å²) in [6, 6.07) is 6.68.